The molecule has 394 valence electrons. The van der Waals surface area contributed by atoms with Crippen molar-refractivity contribution >= 4 is 13.7 Å². The molecule has 3 atom stereocenters. The molecule has 0 aliphatic heterocycles. The fourth-order valence-corrected chi connectivity index (χ4v) is 9.64. The lowest BCUT2D eigenvalue weighted by Crippen LogP contribution is -2.46. The Labute approximate surface area is 412 Å². The molecule has 0 aromatic carbocycles. The van der Waals surface area contributed by atoms with E-state index in [0.717, 1.165) is 38.5 Å². The first-order valence-electron chi connectivity index (χ1n) is 29.0. The van der Waals surface area contributed by atoms with E-state index in [2.05, 4.69) is 31.3 Å². The Hall–Kier alpha value is -0.760. The van der Waals surface area contributed by atoms with Crippen LogP contribution in [0.3, 0.4) is 0 Å². The largest absolute Gasteiger partial charge is 0.756 e. The Morgan fingerprint density at radius 3 is 1.18 bits per heavy atom. The van der Waals surface area contributed by atoms with Gasteiger partial charge in [0, 0.05) is 6.42 Å². The SMILES string of the molecule is CCCCCCCCCCCCC/C=C\CCCCCCCCCC(=O)NC(COP(=O)([O-])OCC[N+](C)(C)C)C(O)CCCCCCCCCCCCCCCCCCCCCCCC. The summed E-state index contributed by atoms with van der Waals surface area (Å²) in [5, 5.41) is 14.0. The van der Waals surface area contributed by atoms with E-state index in [4.69, 9.17) is 9.05 Å². The van der Waals surface area contributed by atoms with Crippen LogP contribution in [-0.4, -0.2) is 68.5 Å². The van der Waals surface area contributed by atoms with Crippen molar-refractivity contribution in [3.8, 4) is 0 Å². The standard InChI is InChI=1S/C57H115N2O6P/c1-6-8-10-12-14-16-18-20-22-24-26-28-30-32-34-36-38-40-42-44-46-48-50-56(60)55(54-65-66(62,63)64-53-52-59(3,4)5)58-57(61)51-49-47-45-43-41-39-37-35-33-31-29-27-25-23-21-19-17-15-13-11-9-7-2/h31,33,55-56,60H,6-30,32,34-54H2,1-5H3,(H-,58,61,62,63)/b33-31-. The number of nitrogens with zero attached hydrogens (tertiary/aromatic N) is 1. The van der Waals surface area contributed by atoms with Gasteiger partial charge in [-0.25, -0.2) is 0 Å². The number of hydrogen-bond acceptors (Lipinski definition) is 6. The van der Waals surface area contributed by atoms with Gasteiger partial charge < -0.3 is 28.8 Å². The van der Waals surface area contributed by atoms with Crippen LogP contribution in [0.15, 0.2) is 12.2 Å². The summed E-state index contributed by atoms with van der Waals surface area (Å²) >= 11 is 0. The van der Waals surface area contributed by atoms with Gasteiger partial charge in [0.1, 0.15) is 13.2 Å². The van der Waals surface area contributed by atoms with E-state index in [1.54, 1.807) is 0 Å². The van der Waals surface area contributed by atoms with Crippen LogP contribution in [0.4, 0.5) is 0 Å². The second-order valence-corrected chi connectivity index (χ2v) is 22.8. The molecule has 0 radical (unpaired) electrons. The minimum absolute atomic E-state index is 0.0138. The molecule has 8 nitrogen and oxygen atoms in total. The average Bonchev–Trinajstić information content (AvgIpc) is 3.28. The summed E-state index contributed by atoms with van der Waals surface area (Å²) < 4.78 is 23.4. The van der Waals surface area contributed by atoms with Gasteiger partial charge in [-0.15, -0.1) is 0 Å². The summed E-state index contributed by atoms with van der Waals surface area (Å²) in [7, 11) is 1.32. The van der Waals surface area contributed by atoms with Crippen LogP contribution in [0, 0.1) is 0 Å². The van der Waals surface area contributed by atoms with Gasteiger partial charge in [-0.1, -0.05) is 264 Å². The number of aliphatic hydroxyl groups is 1. The van der Waals surface area contributed by atoms with Crippen molar-refractivity contribution in [2.75, 3.05) is 40.9 Å². The lowest BCUT2D eigenvalue weighted by molar-refractivity contribution is -0.870. The Balaban J connectivity index is 4.16. The number of aliphatic hydroxyl groups excluding tert-OH is 1. The van der Waals surface area contributed by atoms with Gasteiger partial charge in [-0.2, -0.15) is 0 Å². The molecule has 66 heavy (non-hydrogen) atoms. The Morgan fingerprint density at radius 1 is 0.515 bits per heavy atom. The lowest BCUT2D eigenvalue weighted by Gasteiger charge is -2.30. The van der Waals surface area contributed by atoms with Gasteiger partial charge in [-0.3, -0.25) is 9.36 Å². The Morgan fingerprint density at radius 2 is 0.833 bits per heavy atom. The van der Waals surface area contributed by atoms with Crippen LogP contribution in [0.25, 0.3) is 0 Å². The van der Waals surface area contributed by atoms with Crippen LogP contribution in [-0.2, 0) is 18.4 Å². The van der Waals surface area contributed by atoms with Gasteiger partial charge in [0.25, 0.3) is 7.82 Å². The Kier molecular flexibility index (Phi) is 48.7. The molecular formula is C57H115N2O6P. The second kappa shape index (κ2) is 49.2. The molecule has 0 saturated carbocycles. The van der Waals surface area contributed by atoms with Crippen LogP contribution in [0.1, 0.15) is 296 Å². The molecule has 0 spiro atoms. The monoisotopic (exact) mass is 955 g/mol. The van der Waals surface area contributed by atoms with Crippen molar-refractivity contribution in [1.82, 2.24) is 5.32 Å². The minimum Gasteiger partial charge on any atom is -0.756 e. The van der Waals surface area contributed by atoms with Gasteiger partial charge in [0.15, 0.2) is 0 Å². The van der Waals surface area contributed by atoms with Crippen LogP contribution in [0.2, 0.25) is 0 Å². The summed E-state index contributed by atoms with van der Waals surface area (Å²) in [5.41, 5.74) is 0. The number of phosphoric ester groups is 1. The molecule has 0 fully saturated rings. The van der Waals surface area contributed by atoms with Crippen LogP contribution < -0.4 is 10.2 Å². The normalized spacial score (nSPS) is 14.0. The third-order valence-electron chi connectivity index (χ3n) is 13.5. The van der Waals surface area contributed by atoms with Gasteiger partial charge in [0.05, 0.1) is 39.9 Å². The maximum absolute atomic E-state index is 13.0. The molecule has 0 heterocycles. The van der Waals surface area contributed by atoms with Crippen molar-refractivity contribution in [2.45, 2.75) is 309 Å². The third-order valence-corrected chi connectivity index (χ3v) is 14.5. The highest BCUT2D eigenvalue weighted by Gasteiger charge is 2.24. The maximum Gasteiger partial charge on any atom is 0.268 e. The number of carbonyl (C=O) groups is 1. The molecule has 0 aliphatic carbocycles. The summed E-state index contributed by atoms with van der Waals surface area (Å²) in [4.78, 5) is 25.5. The highest BCUT2D eigenvalue weighted by atomic mass is 31.2. The number of likely N-dealkylation sites (N-methyl/N-ethyl adjacent to an activating group) is 1. The molecule has 0 saturated heterocycles. The molecule has 1 amide bonds. The van der Waals surface area contributed by atoms with E-state index in [1.807, 2.05) is 21.1 Å². The van der Waals surface area contributed by atoms with E-state index in [-0.39, 0.29) is 19.1 Å². The predicted molar refractivity (Wildman–Crippen MR) is 284 cm³/mol. The van der Waals surface area contributed by atoms with Crippen molar-refractivity contribution in [3.05, 3.63) is 12.2 Å². The second-order valence-electron chi connectivity index (χ2n) is 21.4. The average molecular weight is 956 g/mol. The number of rotatable bonds is 54. The van der Waals surface area contributed by atoms with Gasteiger partial charge in [0.2, 0.25) is 5.91 Å². The molecule has 0 aromatic rings. The maximum atomic E-state index is 13.0. The first-order chi connectivity index (χ1) is 32.0. The number of carbonyl (C=O) groups excluding carboxylic acids is 1. The fourth-order valence-electron chi connectivity index (χ4n) is 8.92. The molecule has 3 unspecified atom stereocenters. The van der Waals surface area contributed by atoms with Crippen molar-refractivity contribution in [1.29, 1.82) is 0 Å². The topological polar surface area (TPSA) is 108 Å². The number of phosphoric acid groups is 1. The third kappa shape index (κ3) is 51.1. The quantitative estimate of drug-likeness (QED) is 0.0272. The van der Waals surface area contributed by atoms with E-state index in [1.165, 1.54) is 231 Å². The number of allylic oxidation sites excluding steroid dienone is 2. The van der Waals surface area contributed by atoms with Gasteiger partial charge >= 0.3 is 0 Å². The molecular weight excluding hydrogens is 840 g/mol. The van der Waals surface area contributed by atoms with Crippen molar-refractivity contribution in [3.63, 3.8) is 0 Å². The molecule has 2 N–H and O–H groups in total. The first-order valence-corrected chi connectivity index (χ1v) is 30.5. The summed E-state index contributed by atoms with van der Waals surface area (Å²) in [6.45, 7) is 4.77. The Bertz CT molecular complexity index is 1080. The fraction of sp³-hybridized carbons (Fsp3) is 0.947. The predicted octanol–water partition coefficient (Wildman–Crippen LogP) is 16.8. The highest BCUT2D eigenvalue weighted by molar-refractivity contribution is 7.45. The van der Waals surface area contributed by atoms with Crippen LogP contribution in [0.5, 0.6) is 0 Å². The molecule has 0 bridgehead atoms. The number of amides is 1. The number of unbranched alkanes of at least 4 members (excludes halogenated alkanes) is 39. The van der Waals surface area contributed by atoms with Gasteiger partial charge in [-0.05, 0) is 38.5 Å². The van der Waals surface area contributed by atoms with E-state index >= 15 is 0 Å². The molecule has 9 heteroatoms. The minimum atomic E-state index is -4.57. The highest BCUT2D eigenvalue weighted by Crippen LogP contribution is 2.38. The summed E-state index contributed by atoms with van der Waals surface area (Å²) in [5.74, 6) is -0.164. The summed E-state index contributed by atoms with van der Waals surface area (Å²) in [6, 6.07) is -0.801. The number of hydrogen-bond donors (Lipinski definition) is 2. The van der Waals surface area contributed by atoms with Crippen molar-refractivity contribution < 1.29 is 32.9 Å². The lowest BCUT2D eigenvalue weighted by atomic mass is 10.0. The van der Waals surface area contributed by atoms with E-state index < -0.39 is 20.0 Å². The summed E-state index contributed by atoms with van der Waals surface area (Å²) in [6.07, 6.45) is 59.5. The smallest absolute Gasteiger partial charge is 0.268 e. The first kappa shape index (κ1) is 65.2. The van der Waals surface area contributed by atoms with Crippen molar-refractivity contribution in [2.24, 2.45) is 0 Å². The van der Waals surface area contributed by atoms with E-state index in [0.29, 0.717) is 23.9 Å². The van der Waals surface area contributed by atoms with E-state index in [9.17, 15) is 19.4 Å². The molecule has 0 rings (SSSR count). The molecule has 0 aliphatic rings. The number of quaternary nitrogens is 1. The van der Waals surface area contributed by atoms with Crippen LogP contribution >= 0.6 is 7.82 Å². The zero-order chi connectivity index (χ0) is 48.5. The zero-order valence-electron chi connectivity index (χ0n) is 44.9. The zero-order valence-corrected chi connectivity index (χ0v) is 45.8. The molecule has 0 aromatic heterocycles. The number of nitrogens with one attached hydrogen (secondary N) is 1.